The van der Waals surface area contributed by atoms with Crippen LogP contribution in [0, 0.1) is 0 Å². The summed E-state index contributed by atoms with van der Waals surface area (Å²) in [4.78, 5) is 16.2. The Labute approximate surface area is 155 Å². The molecule has 8 heteroatoms. The highest BCUT2D eigenvalue weighted by Crippen LogP contribution is 2.30. The molecule has 0 fully saturated rings. The number of nitrogens with one attached hydrogen (secondary N) is 1. The minimum Gasteiger partial charge on any atom is -0.475 e. The predicted octanol–water partition coefficient (Wildman–Crippen LogP) is 4.55. The maximum atomic E-state index is 12.7. The molecule has 2 rings (SSSR count). The number of hydrogen-bond donors (Lipinski definition) is 1. The van der Waals surface area contributed by atoms with Gasteiger partial charge in [0.15, 0.2) is 0 Å². The fourth-order valence-electron chi connectivity index (χ4n) is 2.07. The number of alkyl halides is 3. The summed E-state index contributed by atoms with van der Waals surface area (Å²) >= 11 is 0. The van der Waals surface area contributed by atoms with Crippen LogP contribution < -0.4 is 10.1 Å². The van der Waals surface area contributed by atoms with Crippen molar-refractivity contribution < 1.29 is 27.4 Å². The highest BCUT2D eigenvalue weighted by atomic mass is 19.4. The molecule has 1 heterocycles. The molecule has 0 spiro atoms. The van der Waals surface area contributed by atoms with Crippen molar-refractivity contribution in [1.29, 1.82) is 0 Å². The van der Waals surface area contributed by atoms with Crippen molar-refractivity contribution in [1.82, 2.24) is 4.98 Å². The van der Waals surface area contributed by atoms with E-state index in [0.29, 0.717) is 19.1 Å². The fraction of sp³-hybridized carbons (Fsp3) is 0.368. The molecule has 0 aliphatic carbocycles. The first-order chi connectivity index (χ1) is 12.5. The Kier molecular flexibility index (Phi) is 6.43. The Bertz CT molecular complexity index is 769. The van der Waals surface area contributed by atoms with Gasteiger partial charge in [-0.05, 0) is 45.0 Å². The molecule has 0 radical (unpaired) electrons. The third-order valence-electron chi connectivity index (χ3n) is 3.31. The van der Waals surface area contributed by atoms with Crippen LogP contribution in [0.4, 0.5) is 18.9 Å². The van der Waals surface area contributed by atoms with Gasteiger partial charge in [-0.3, -0.25) is 4.79 Å². The number of carbonyl (C=O) groups is 1. The van der Waals surface area contributed by atoms with E-state index in [1.54, 1.807) is 0 Å². The summed E-state index contributed by atoms with van der Waals surface area (Å²) in [6.07, 6.45) is -3.18. The van der Waals surface area contributed by atoms with Crippen molar-refractivity contribution in [2.75, 3.05) is 18.5 Å². The summed E-state index contributed by atoms with van der Waals surface area (Å²) in [5.41, 5.74) is -0.845. The van der Waals surface area contributed by atoms with Crippen molar-refractivity contribution in [3.63, 3.8) is 0 Å². The van der Waals surface area contributed by atoms with Gasteiger partial charge in [-0.1, -0.05) is 6.07 Å². The smallest absolute Gasteiger partial charge is 0.416 e. The van der Waals surface area contributed by atoms with Gasteiger partial charge >= 0.3 is 6.18 Å². The lowest BCUT2D eigenvalue weighted by atomic mass is 10.2. The minimum absolute atomic E-state index is 0.0504. The molecular formula is C19H21F3N2O3. The molecule has 1 aromatic heterocycles. The highest BCUT2D eigenvalue weighted by Gasteiger charge is 2.30. The quantitative estimate of drug-likeness (QED) is 0.745. The Morgan fingerprint density at radius 3 is 2.44 bits per heavy atom. The van der Waals surface area contributed by atoms with E-state index in [-0.39, 0.29) is 16.9 Å². The van der Waals surface area contributed by atoms with Gasteiger partial charge in [0, 0.05) is 18.0 Å². The lowest BCUT2D eigenvalue weighted by molar-refractivity contribution is -0.137. The average molecular weight is 382 g/mol. The number of anilines is 1. The van der Waals surface area contributed by atoms with E-state index in [1.165, 1.54) is 30.5 Å². The molecule has 0 unspecified atom stereocenters. The van der Waals surface area contributed by atoms with Gasteiger partial charge in [-0.2, -0.15) is 13.2 Å². The Morgan fingerprint density at radius 2 is 1.85 bits per heavy atom. The van der Waals surface area contributed by atoms with Crippen molar-refractivity contribution in [3.8, 4) is 5.88 Å². The van der Waals surface area contributed by atoms with Gasteiger partial charge in [0.1, 0.15) is 6.61 Å². The van der Waals surface area contributed by atoms with Crippen LogP contribution in [0.2, 0.25) is 0 Å². The number of benzene rings is 1. The van der Waals surface area contributed by atoms with Gasteiger partial charge in [0.05, 0.1) is 23.3 Å². The molecule has 1 N–H and O–H groups in total. The van der Waals surface area contributed by atoms with Gasteiger partial charge in [0.25, 0.3) is 5.91 Å². The summed E-state index contributed by atoms with van der Waals surface area (Å²) in [5, 5.41) is 2.42. The summed E-state index contributed by atoms with van der Waals surface area (Å²) in [7, 11) is 0. The number of rotatable bonds is 6. The van der Waals surface area contributed by atoms with Crippen LogP contribution >= 0.6 is 0 Å². The van der Waals surface area contributed by atoms with E-state index in [1.807, 2.05) is 20.8 Å². The molecule has 0 aliphatic rings. The van der Waals surface area contributed by atoms with Gasteiger partial charge < -0.3 is 14.8 Å². The summed E-state index contributed by atoms with van der Waals surface area (Å²) in [6.45, 7) is 6.50. The van der Waals surface area contributed by atoms with Crippen LogP contribution in [0.1, 0.15) is 36.7 Å². The van der Waals surface area contributed by atoms with Crippen molar-refractivity contribution >= 4 is 11.6 Å². The zero-order chi connectivity index (χ0) is 20.1. The second kappa shape index (κ2) is 8.39. The van der Waals surface area contributed by atoms with E-state index in [2.05, 4.69) is 10.3 Å². The summed E-state index contributed by atoms with van der Waals surface area (Å²) in [5.74, 6) is -0.243. The maximum absolute atomic E-state index is 12.7. The van der Waals surface area contributed by atoms with Crippen molar-refractivity contribution in [2.45, 2.75) is 32.5 Å². The predicted molar refractivity (Wildman–Crippen MR) is 94.8 cm³/mol. The summed E-state index contributed by atoms with van der Waals surface area (Å²) < 4.78 is 49.1. The lowest BCUT2D eigenvalue weighted by Gasteiger charge is -2.19. The highest BCUT2D eigenvalue weighted by molar-refractivity contribution is 6.04. The topological polar surface area (TPSA) is 60.5 Å². The van der Waals surface area contributed by atoms with E-state index in [0.717, 1.165) is 12.1 Å². The van der Waals surface area contributed by atoms with Gasteiger partial charge in [-0.15, -0.1) is 0 Å². The van der Waals surface area contributed by atoms with Crippen molar-refractivity contribution in [2.24, 2.45) is 0 Å². The first-order valence-corrected chi connectivity index (χ1v) is 8.26. The second-order valence-corrected chi connectivity index (χ2v) is 6.73. The Balaban J connectivity index is 1.92. The van der Waals surface area contributed by atoms with Crippen LogP contribution in [-0.2, 0) is 10.9 Å². The summed E-state index contributed by atoms with van der Waals surface area (Å²) in [6, 6.07) is 7.42. The van der Waals surface area contributed by atoms with E-state index in [4.69, 9.17) is 9.47 Å². The molecule has 0 saturated heterocycles. The third-order valence-corrected chi connectivity index (χ3v) is 3.31. The molecule has 2 aromatic rings. The molecule has 146 valence electrons. The third kappa shape index (κ3) is 6.90. The first kappa shape index (κ1) is 20.7. The molecule has 1 amide bonds. The Hall–Kier alpha value is -2.61. The molecule has 0 bridgehead atoms. The van der Waals surface area contributed by atoms with Crippen LogP contribution in [0.15, 0.2) is 42.6 Å². The molecule has 0 saturated carbocycles. The average Bonchev–Trinajstić information content (AvgIpc) is 2.58. The minimum atomic E-state index is -4.47. The standard InChI is InChI=1S/C19H21F3N2O3/c1-18(2,3)27-10-9-26-16-8-7-13(12-23-16)17(25)24-15-6-4-5-14(11-15)19(20,21)22/h4-8,11-12H,9-10H2,1-3H3,(H,24,25). The van der Waals surface area contributed by atoms with Crippen LogP contribution in [0.25, 0.3) is 0 Å². The fourth-order valence-corrected chi connectivity index (χ4v) is 2.07. The van der Waals surface area contributed by atoms with Crippen LogP contribution in [-0.4, -0.2) is 29.7 Å². The van der Waals surface area contributed by atoms with Crippen LogP contribution in [0.5, 0.6) is 5.88 Å². The number of carbonyl (C=O) groups excluding carboxylic acids is 1. The molecule has 0 atom stereocenters. The zero-order valence-electron chi connectivity index (χ0n) is 15.3. The number of aromatic nitrogens is 1. The van der Waals surface area contributed by atoms with Gasteiger partial charge in [0.2, 0.25) is 5.88 Å². The number of pyridine rings is 1. The molecule has 5 nitrogen and oxygen atoms in total. The Morgan fingerprint density at radius 1 is 1.11 bits per heavy atom. The zero-order valence-corrected chi connectivity index (χ0v) is 15.3. The second-order valence-electron chi connectivity index (χ2n) is 6.73. The van der Waals surface area contributed by atoms with E-state index in [9.17, 15) is 18.0 Å². The lowest BCUT2D eigenvalue weighted by Crippen LogP contribution is -2.22. The number of halogens is 3. The SMILES string of the molecule is CC(C)(C)OCCOc1ccc(C(=O)Nc2cccc(C(F)(F)F)c2)cn1. The normalized spacial score (nSPS) is 11.9. The molecular weight excluding hydrogens is 361 g/mol. The van der Waals surface area contributed by atoms with Crippen molar-refractivity contribution in [3.05, 3.63) is 53.7 Å². The van der Waals surface area contributed by atoms with E-state index >= 15 is 0 Å². The first-order valence-electron chi connectivity index (χ1n) is 8.26. The van der Waals surface area contributed by atoms with E-state index < -0.39 is 17.6 Å². The monoisotopic (exact) mass is 382 g/mol. The number of ether oxygens (including phenoxy) is 2. The molecule has 0 aliphatic heterocycles. The number of nitrogens with zero attached hydrogens (tertiary/aromatic N) is 1. The maximum Gasteiger partial charge on any atom is 0.416 e. The molecule has 1 aromatic carbocycles. The van der Waals surface area contributed by atoms with Crippen LogP contribution in [0.3, 0.4) is 0 Å². The van der Waals surface area contributed by atoms with Gasteiger partial charge in [-0.25, -0.2) is 4.98 Å². The molecule has 27 heavy (non-hydrogen) atoms. The number of hydrogen-bond acceptors (Lipinski definition) is 4. The number of amides is 1. The largest absolute Gasteiger partial charge is 0.475 e.